The largest absolute Gasteiger partial charge is 0.382 e. The summed E-state index contributed by atoms with van der Waals surface area (Å²) in [4.78, 5) is 22.7. The van der Waals surface area contributed by atoms with Crippen molar-refractivity contribution in [2.24, 2.45) is 0 Å². The number of rotatable bonds is 5. The monoisotopic (exact) mass is 375 g/mol. The summed E-state index contributed by atoms with van der Waals surface area (Å²) in [6, 6.07) is 12.9. The third kappa shape index (κ3) is 3.32. The van der Waals surface area contributed by atoms with E-state index in [2.05, 4.69) is 25.3 Å². The highest BCUT2D eigenvalue weighted by molar-refractivity contribution is 6.01. The number of pyridine rings is 1. The standard InChI is InChI=1S/C19H17N7O2/c1-26(11-14-22-18(25-28-14)13-7-9-21-10-8-13)19(27)16-15(17(20)24-23-16)12-5-3-2-4-6-12/h2-10H,11H2,1H3,(H3,20,23,24). The molecule has 0 aliphatic rings. The Bertz CT molecular complexity index is 1090. The number of aromatic amines is 1. The van der Waals surface area contributed by atoms with E-state index in [0.29, 0.717) is 23.0 Å². The summed E-state index contributed by atoms with van der Waals surface area (Å²) in [7, 11) is 1.64. The van der Waals surface area contributed by atoms with Crippen LogP contribution in [0.5, 0.6) is 0 Å². The summed E-state index contributed by atoms with van der Waals surface area (Å²) >= 11 is 0. The molecule has 0 saturated carbocycles. The van der Waals surface area contributed by atoms with Crippen LogP contribution in [-0.4, -0.2) is 43.2 Å². The average Bonchev–Trinajstić information content (AvgIpc) is 3.35. The third-order valence-corrected chi connectivity index (χ3v) is 4.20. The number of nitrogens with two attached hydrogens (primary N) is 1. The first kappa shape index (κ1) is 17.4. The molecule has 3 aromatic heterocycles. The van der Waals surface area contributed by atoms with E-state index in [9.17, 15) is 4.79 Å². The van der Waals surface area contributed by atoms with Crippen molar-refractivity contribution in [3.8, 4) is 22.5 Å². The molecule has 0 aliphatic carbocycles. The minimum atomic E-state index is -0.285. The Morgan fingerprint density at radius 1 is 1.14 bits per heavy atom. The zero-order valence-electron chi connectivity index (χ0n) is 15.0. The lowest BCUT2D eigenvalue weighted by Crippen LogP contribution is -2.27. The molecule has 4 aromatic rings. The van der Waals surface area contributed by atoms with Gasteiger partial charge in [-0.2, -0.15) is 10.1 Å². The van der Waals surface area contributed by atoms with Crippen LogP contribution in [0.4, 0.5) is 5.82 Å². The normalized spacial score (nSPS) is 10.8. The molecule has 0 spiro atoms. The van der Waals surface area contributed by atoms with Crippen LogP contribution in [0.3, 0.4) is 0 Å². The first-order valence-electron chi connectivity index (χ1n) is 8.51. The minimum absolute atomic E-state index is 0.143. The number of nitrogens with one attached hydrogen (secondary N) is 1. The summed E-state index contributed by atoms with van der Waals surface area (Å²) in [5, 5.41) is 10.7. The first-order chi connectivity index (χ1) is 13.6. The molecular formula is C19H17N7O2. The van der Waals surface area contributed by atoms with Gasteiger partial charge in [-0.25, -0.2) is 0 Å². The van der Waals surface area contributed by atoms with Crippen molar-refractivity contribution in [2.45, 2.75) is 6.54 Å². The van der Waals surface area contributed by atoms with Gasteiger partial charge in [0.15, 0.2) is 5.82 Å². The summed E-state index contributed by atoms with van der Waals surface area (Å²) in [5.41, 5.74) is 8.44. The Kier molecular flexibility index (Phi) is 4.55. The number of amides is 1. The second-order valence-electron chi connectivity index (χ2n) is 6.13. The summed E-state index contributed by atoms with van der Waals surface area (Å²) in [5.74, 6) is 0.734. The molecule has 0 fully saturated rings. The average molecular weight is 375 g/mol. The zero-order valence-corrected chi connectivity index (χ0v) is 15.0. The molecule has 1 aromatic carbocycles. The minimum Gasteiger partial charge on any atom is -0.382 e. The molecule has 0 saturated heterocycles. The van der Waals surface area contributed by atoms with Crippen LogP contribution in [0.1, 0.15) is 16.4 Å². The van der Waals surface area contributed by atoms with Crippen molar-refractivity contribution in [3.05, 3.63) is 66.4 Å². The molecule has 3 N–H and O–H groups in total. The molecule has 0 aliphatic heterocycles. The van der Waals surface area contributed by atoms with Crippen LogP contribution in [-0.2, 0) is 6.54 Å². The fraction of sp³-hybridized carbons (Fsp3) is 0.105. The number of carbonyl (C=O) groups excluding carboxylic acids is 1. The van der Waals surface area contributed by atoms with Gasteiger partial charge in [-0.15, -0.1) is 0 Å². The van der Waals surface area contributed by atoms with E-state index in [1.165, 1.54) is 4.90 Å². The van der Waals surface area contributed by atoms with Gasteiger partial charge < -0.3 is 15.2 Å². The van der Waals surface area contributed by atoms with Crippen LogP contribution < -0.4 is 5.73 Å². The molecule has 4 rings (SSSR count). The summed E-state index contributed by atoms with van der Waals surface area (Å²) in [6.07, 6.45) is 3.30. The molecule has 3 heterocycles. The number of nitrogen functional groups attached to an aromatic ring is 1. The van der Waals surface area contributed by atoms with Crippen molar-refractivity contribution in [1.29, 1.82) is 0 Å². The molecule has 9 heteroatoms. The van der Waals surface area contributed by atoms with E-state index in [-0.39, 0.29) is 18.3 Å². The van der Waals surface area contributed by atoms with Crippen molar-refractivity contribution in [1.82, 2.24) is 30.2 Å². The van der Waals surface area contributed by atoms with Gasteiger partial charge in [-0.3, -0.25) is 14.9 Å². The van der Waals surface area contributed by atoms with E-state index in [1.54, 1.807) is 31.6 Å². The Morgan fingerprint density at radius 3 is 2.64 bits per heavy atom. The molecule has 0 radical (unpaired) electrons. The van der Waals surface area contributed by atoms with Crippen LogP contribution in [0.15, 0.2) is 59.4 Å². The number of aromatic nitrogens is 5. The fourth-order valence-electron chi connectivity index (χ4n) is 2.81. The molecule has 0 bridgehead atoms. The van der Waals surface area contributed by atoms with Gasteiger partial charge in [0.05, 0.1) is 5.56 Å². The Labute approximate surface area is 160 Å². The third-order valence-electron chi connectivity index (χ3n) is 4.20. The second-order valence-corrected chi connectivity index (χ2v) is 6.13. The number of hydrogen-bond acceptors (Lipinski definition) is 7. The van der Waals surface area contributed by atoms with E-state index in [0.717, 1.165) is 11.1 Å². The Morgan fingerprint density at radius 2 is 1.89 bits per heavy atom. The second kappa shape index (κ2) is 7.31. The van der Waals surface area contributed by atoms with Gasteiger partial charge in [0, 0.05) is 25.0 Å². The van der Waals surface area contributed by atoms with Crippen molar-refractivity contribution in [2.75, 3.05) is 12.8 Å². The van der Waals surface area contributed by atoms with Gasteiger partial charge in [0.25, 0.3) is 5.91 Å². The van der Waals surface area contributed by atoms with Gasteiger partial charge in [0.1, 0.15) is 12.2 Å². The van der Waals surface area contributed by atoms with Crippen molar-refractivity contribution in [3.63, 3.8) is 0 Å². The molecule has 140 valence electrons. The van der Waals surface area contributed by atoms with Gasteiger partial charge in [0.2, 0.25) is 11.7 Å². The molecule has 28 heavy (non-hydrogen) atoms. The predicted molar refractivity (Wildman–Crippen MR) is 102 cm³/mol. The summed E-state index contributed by atoms with van der Waals surface area (Å²) in [6.45, 7) is 0.143. The number of benzene rings is 1. The smallest absolute Gasteiger partial charge is 0.272 e. The lowest BCUT2D eigenvalue weighted by molar-refractivity contribution is 0.0764. The maximum absolute atomic E-state index is 12.9. The number of hydrogen-bond donors (Lipinski definition) is 2. The summed E-state index contributed by atoms with van der Waals surface area (Å²) < 4.78 is 5.27. The van der Waals surface area contributed by atoms with Crippen LogP contribution in [0.2, 0.25) is 0 Å². The Balaban J connectivity index is 1.55. The molecular weight excluding hydrogens is 358 g/mol. The molecule has 9 nitrogen and oxygen atoms in total. The first-order valence-corrected chi connectivity index (χ1v) is 8.51. The molecule has 0 atom stereocenters. The lowest BCUT2D eigenvalue weighted by Gasteiger charge is -2.14. The highest BCUT2D eigenvalue weighted by Gasteiger charge is 2.23. The maximum Gasteiger partial charge on any atom is 0.272 e. The van der Waals surface area contributed by atoms with Gasteiger partial charge in [-0.1, -0.05) is 35.5 Å². The lowest BCUT2D eigenvalue weighted by atomic mass is 10.0. The zero-order chi connectivity index (χ0) is 19.5. The van der Waals surface area contributed by atoms with Gasteiger partial charge >= 0.3 is 0 Å². The van der Waals surface area contributed by atoms with Crippen molar-refractivity contribution < 1.29 is 9.32 Å². The van der Waals surface area contributed by atoms with Crippen molar-refractivity contribution >= 4 is 11.7 Å². The molecule has 0 unspecified atom stereocenters. The highest BCUT2D eigenvalue weighted by Crippen LogP contribution is 2.28. The maximum atomic E-state index is 12.9. The van der Waals surface area contributed by atoms with E-state index in [4.69, 9.17) is 10.3 Å². The SMILES string of the molecule is CN(Cc1nc(-c2ccncc2)no1)C(=O)c1[nH]nc(N)c1-c1ccccc1. The molecule has 1 amide bonds. The number of nitrogens with zero attached hydrogens (tertiary/aromatic N) is 5. The van der Waals surface area contributed by atoms with Crippen LogP contribution in [0.25, 0.3) is 22.5 Å². The fourth-order valence-corrected chi connectivity index (χ4v) is 2.81. The van der Waals surface area contributed by atoms with E-state index >= 15 is 0 Å². The van der Waals surface area contributed by atoms with Crippen LogP contribution >= 0.6 is 0 Å². The highest BCUT2D eigenvalue weighted by atomic mass is 16.5. The number of H-pyrrole nitrogens is 1. The number of carbonyl (C=O) groups is 1. The van der Waals surface area contributed by atoms with Gasteiger partial charge in [-0.05, 0) is 17.7 Å². The number of anilines is 1. The van der Waals surface area contributed by atoms with E-state index < -0.39 is 0 Å². The topological polar surface area (TPSA) is 127 Å². The Hall–Kier alpha value is -4.01. The van der Waals surface area contributed by atoms with E-state index in [1.807, 2.05) is 30.3 Å². The quantitative estimate of drug-likeness (QED) is 0.548. The predicted octanol–water partition coefficient (Wildman–Crippen LogP) is 2.38. The van der Waals surface area contributed by atoms with Crippen LogP contribution in [0, 0.1) is 0 Å².